The minimum Gasteiger partial charge on any atom is -0.444 e. The third kappa shape index (κ3) is 8.81. The van der Waals surface area contributed by atoms with Crippen molar-refractivity contribution in [1.82, 2.24) is 10.2 Å². The van der Waals surface area contributed by atoms with E-state index in [9.17, 15) is 19.5 Å². The summed E-state index contributed by atoms with van der Waals surface area (Å²) in [5.41, 5.74) is 3.47. The van der Waals surface area contributed by atoms with E-state index in [2.05, 4.69) is 10.6 Å². The summed E-state index contributed by atoms with van der Waals surface area (Å²) in [7, 11) is 0. The molecule has 0 aromatic heterocycles. The summed E-state index contributed by atoms with van der Waals surface area (Å²) < 4.78 is 5.46. The lowest BCUT2D eigenvalue weighted by molar-refractivity contribution is -0.141. The molecule has 3 aromatic rings. The summed E-state index contributed by atoms with van der Waals surface area (Å²) in [6.07, 6.45) is -0.619. The van der Waals surface area contributed by atoms with Crippen LogP contribution in [0.4, 0.5) is 10.5 Å². The molecule has 8 nitrogen and oxygen atoms in total. The van der Waals surface area contributed by atoms with Crippen molar-refractivity contribution in [3.05, 3.63) is 99.6 Å². The molecule has 2 unspecified atom stereocenters. The first kappa shape index (κ1) is 32.6. The molecule has 0 fully saturated rings. The van der Waals surface area contributed by atoms with Crippen molar-refractivity contribution in [3.63, 3.8) is 0 Å². The minimum absolute atomic E-state index is 0.144. The Morgan fingerprint density at radius 1 is 0.952 bits per heavy atom. The van der Waals surface area contributed by atoms with Gasteiger partial charge in [0.05, 0.1) is 17.3 Å². The van der Waals surface area contributed by atoms with Gasteiger partial charge in [0, 0.05) is 13.0 Å². The molecule has 0 spiro atoms. The molecule has 0 saturated heterocycles. The zero-order chi connectivity index (χ0) is 31.0. The second-order valence-electron chi connectivity index (χ2n) is 11.3. The number of amides is 3. The number of para-hydroxylation sites is 1. The number of hydrogen-bond acceptors (Lipinski definition) is 5. The molecule has 0 bridgehead atoms. The van der Waals surface area contributed by atoms with E-state index in [0.29, 0.717) is 16.3 Å². The number of hydrogen-bond donors (Lipinski definition) is 3. The predicted molar refractivity (Wildman–Crippen MR) is 166 cm³/mol. The molecular formula is C33H40ClN3O5. The van der Waals surface area contributed by atoms with Gasteiger partial charge in [0.1, 0.15) is 17.7 Å². The van der Waals surface area contributed by atoms with Crippen molar-refractivity contribution >= 4 is 35.2 Å². The number of rotatable bonds is 10. The monoisotopic (exact) mass is 593 g/mol. The fraction of sp³-hybridized carbons (Fsp3) is 0.364. The number of carbonyl (C=O) groups excluding carboxylic acids is 3. The van der Waals surface area contributed by atoms with Crippen LogP contribution in [0.2, 0.25) is 5.02 Å². The van der Waals surface area contributed by atoms with Crippen LogP contribution in [0.5, 0.6) is 0 Å². The highest BCUT2D eigenvalue weighted by Gasteiger charge is 2.37. The van der Waals surface area contributed by atoms with Gasteiger partial charge in [-0.1, -0.05) is 77.8 Å². The molecule has 0 saturated carbocycles. The Balaban J connectivity index is 2.10. The van der Waals surface area contributed by atoms with E-state index >= 15 is 0 Å². The Kier molecular flexibility index (Phi) is 11.1. The van der Waals surface area contributed by atoms with Gasteiger partial charge in [-0.05, 0) is 69.9 Å². The summed E-state index contributed by atoms with van der Waals surface area (Å²) in [6.45, 7) is 10.2. The number of carbonyl (C=O) groups is 3. The number of aliphatic hydroxyl groups is 1. The Morgan fingerprint density at radius 3 is 2.26 bits per heavy atom. The van der Waals surface area contributed by atoms with Crippen molar-refractivity contribution in [2.45, 2.75) is 65.6 Å². The van der Waals surface area contributed by atoms with E-state index < -0.39 is 42.2 Å². The van der Waals surface area contributed by atoms with Crippen molar-refractivity contribution in [2.75, 3.05) is 18.5 Å². The van der Waals surface area contributed by atoms with Gasteiger partial charge in [-0.25, -0.2) is 4.79 Å². The minimum atomic E-state index is -1.14. The number of aryl methyl sites for hydroxylation is 3. The van der Waals surface area contributed by atoms with Gasteiger partial charge < -0.3 is 25.4 Å². The standard InChI is InChI=1S/C33H40ClN3O5/c1-21-15-16-22(2)25(19-21)29(30(39)36-28-23(3)11-10-14-26(28)34)37(17-18-38)31(40)27(20-24-12-8-7-9-13-24)35-32(41)42-33(4,5)6/h7-16,19,27,29,38H,17-18,20H2,1-6H3,(H,35,41)(H,36,39). The predicted octanol–water partition coefficient (Wildman–Crippen LogP) is 5.90. The van der Waals surface area contributed by atoms with E-state index in [1.165, 1.54) is 4.90 Å². The van der Waals surface area contributed by atoms with Crippen molar-refractivity contribution in [1.29, 1.82) is 0 Å². The molecule has 224 valence electrons. The fourth-order valence-electron chi connectivity index (χ4n) is 4.66. The summed E-state index contributed by atoms with van der Waals surface area (Å²) in [5.74, 6) is -1.05. The molecule has 0 aliphatic rings. The molecule has 0 heterocycles. The first-order valence-electron chi connectivity index (χ1n) is 13.9. The van der Waals surface area contributed by atoms with Gasteiger partial charge in [0.2, 0.25) is 5.91 Å². The molecule has 3 amide bonds. The number of nitrogens with one attached hydrogen (secondary N) is 2. The van der Waals surface area contributed by atoms with Gasteiger partial charge in [-0.15, -0.1) is 0 Å². The van der Waals surface area contributed by atoms with E-state index in [1.807, 2.05) is 75.4 Å². The van der Waals surface area contributed by atoms with E-state index in [1.54, 1.807) is 32.9 Å². The SMILES string of the molecule is Cc1ccc(C)c(C(C(=O)Nc2c(C)cccc2Cl)N(CCO)C(=O)C(Cc2ccccc2)NC(=O)OC(C)(C)C)c1. The average Bonchev–Trinajstić information content (AvgIpc) is 2.91. The van der Waals surface area contributed by atoms with Gasteiger partial charge in [0.25, 0.3) is 5.91 Å². The zero-order valence-electron chi connectivity index (χ0n) is 25.0. The quantitative estimate of drug-likeness (QED) is 0.271. The first-order chi connectivity index (χ1) is 19.8. The molecule has 3 N–H and O–H groups in total. The fourth-order valence-corrected chi connectivity index (χ4v) is 4.93. The van der Waals surface area contributed by atoms with Crippen LogP contribution < -0.4 is 10.6 Å². The maximum absolute atomic E-state index is 14.4. The highest BCUT2D eigenvalue weighted by Crippen LogP contribution is 2.31. The summed E-state index contributed by atoms with van der Waals surface area (Å²) in [6, 6.07) is 18.0. The van der Waals surface area contributed by atoms with E-state index in [0.717, 1.165) is 22.3 Å². The van der Waals surface area contributed by atoms with Crippen LogP contribution in [0.1, 0.15) is 54.6 Å². The molecule has 3 rings (SSSR count). The van der Waals surface area contributed by atoms with Crippen molar-refractivity contribution in [2.24, 2.45) is 0 Å². The number of anilines is 1. The van der Waals surface area contributed by atoms with Crippen LogP contribution >= 0.6 is 11.6 Å². The van der Waals surface area contributed by atoms with Crippen LogP contribution in [0.3, 0.4) is 0 Å². The molecule has 9 heteroatoms. The Hall–Kier alpha value is -3.88. The lowest BCUT2D eigenvalue weighted by atomic mass is 9.95. The summed E-state index contributed by atoms with van der Waals surface area (Å²) in [4.78, 5) is 42.7. The topological polar surface area (TPSA) is 108 Å². The Bertz CT molecular complexity index is 1380. The number of benzene rings is 3. The third-order valence-corrected chi connectivity index (χ3v) is 6.97. The largest absolute Gasteiger partial charge is 0.444 e. The maximum Gasteiger partial charge on any atom is 0.408 e. The van der Waals surface area contributed by atoms with Crippen molar-refractivity contribution in [3.8, 4) is 0 Å². The number of aliphatic hydroxyl groups excluding tert-OH is 1. The molecule has 42 heavy (non-hydrogen) atoms. The number of alkyl carbamates (subject to hydrolysis) is 1. The summed E-state index contributed by atoms with van der Waals surface area (Å²) in [5, 5.41) is 16.1. The maximum atomic E-state index is 14.4. The van der Waals surface area contributed by atoms with Crippen molar-refractivity contribution < 1.29 is 24.2 Å². The van der Waals surface area contributed by atoms with Crippen LogP contribution in [-0.2, 0) is 20.7 Å². The third-order valence-electron chi connectivity index (χ3n) is 6.66. The smallest absolute Gasteiger partial charge is 0.408 e. The van der Waals surface area contributed by atoms with Crippen LogP contribution in [0.25, 0.3) is 0 Å². The summed E-state index contributed by atoms with van der Waals surface area (Å²) >= 11 is 6.44. The second-order valence-corrected chi connectivity index (χ2v) is 11.7. The van der Waals surface area contributed by atoms with Gasteiger partial charge in [0.15, 0.2) is 0 Å². The molecule has 2 atom stereocenters. The molecule has 0 aliphatic heterocycles. The van der Waals surface area contributed by atoms with Crippen LogP contribution in [0, 0.1) is 20.8 Å². The molecular weight excluding hydrogens is 554 g/mol. The molecule has 0 radical (unpaired) electrons. The lowest BCUT2D eigenvalue weighted by Crippen LogP contribution is -2.54. The number of nitrogens with zero attached hydrogens (tertiary/aromatic N) is 1. The average molecular weight is 594 g/mol. The second kappa shape index (κ2) is 14.3. The highest BCUT2D eigenvalue weighted by molar-refractivity contribution is 6.34. The van der Waals surface area contributed by atoms with Gasteiger partial charge >= 0.3 is 6.09 Å². The van der Waals surface area contributed by atoms with E-state index in [4.69, 9.17) is 16.3 Å². The van der Waals surface area contributed by atoms with Crippen LogP contribution in [-0.4, -0.2) is 52.7 Å². The first-order valence-corrected chi connectivity index (χ1v) is 14.3. The molecule has 0 aliphatic carbocycles. The molecule has 3 aromatic carbocycles. The van der Waals surface area contributed by atoms with Gasteiger partial charge in [-0.3, -0.25) is 9.59 Å². The zero-order valence-corrected chi connectivity index (χ0v) is 25.8. The number of ether oxygens (including phenoxy) is 1. The Labute approximate surface area is 253 Å². The normalized spacial score (nSPS) is 12.7. The Morgan fingerprint density at radius 2 is 1.64 bits per heavy atom. The lowest BCUT2D eigenvalue weighted by Gasteiger charge is -2.35. The van der Waals surface area contributed by atoms with Gasteiger partial charge in [-0.2, -0.15) is 0 Å². The van der Waals surface area contributed by atoms with E-state index in [-0.39, 0.29) is 13.0 Å². The number of halogens is 1. The highest BCUT2D eigenvalue weighted by atomic mass is 35.5. The van der Waals surface area contributed by atoms with Crippen LogP contribution in [0.15, 0.2) is 66.7 Å².